The molecule has 2 aromatic rings. The van der Waals surface area contributed by atoms with Gasteiger partial charge in [0.05, 0.1) is 13.2 Å². The number of carbonyl (C=O) groups excluding carboxylic acids is 2. The molecule has 0 unspecified atom stereocenters. The van der Waals surface area contributed by atoms with Crippen molar-refractivity contribution < 1.29 is 53.0 Å². The number of nitrogens with zero attached hydrogens (tertiary/aromatic N) is 2. The van der Waals surface area contributed by atoms with Gasteiger partial charge in [-0.2, -0.15) is 0 Å². The Labute approximate surface area is 207 Å². The van der Waals surface area contributed by atoms with E-state index >= 15 is 0 Å². The van der Waals surface area contributed by atoms with Crippen LogP contribution in [0.1, 0.15) is 55.5 Å². The van der Waals surface area contributed by atoms with E-state index in [1.807, 2.05) is 0 Å². The molecule has 3 rings (SSSR count). The molecule has 1 aromatic heterocycles. The molecule has 164 valence electrons. The van der Waals surface area contributed by atoms with Gasteiger partial charge in [0.25, 0.3) is 5.97 Å². The number of ether oxygens (including phenoxy) is 2. The van der Waals surface area contributed by atoms with Crippen molar-refractivity contribution in [2.45, 2.75) is 46.1 Å². The van der Waals surface area contributed by atoms with E-state index in [0.717, 1.165) is 31.7 Å². The van der Waals surface area contributed by atoms with E-state index in [2.05, 4.69) is 0 Å². The summed E-state index contributed by atoms with van der Waals surface area (Å²) in [5, 5.41) is 9.41. The van der Waals surface area contributed by atoms with Crippen molar-refractivity contribution in [2.75, 3.05) is 13.2 Å². The predicted molar refractivity (Wildman–Crippen MR) is 111 cm³/mol. The summed E-state index contributed by atoms with van der Waals surface area (Å²) in [7, 11) is 0. The largest absolute Gasteiger partial charge is 1.00 e. The molecule has 0 spiro atoms. The van der Waals surface area contributed by atoms with Gasteiger partial charge in [-0.3, -0.25) is 14.0 Å². The summed E-state index contributed by atoms with van der Waals surface area (Å²) in [6.07, 6.45) is 5.65. The zero-order chi connectivity index (χ0) is 22.5. The molecule has 32 heavy (non-hydrogen) atoms. The van der Waals surface area contributed by atoms with E-state index in [-0.39, 0.29) is 59.3 Å². The Morgan fingerprint density at radius 1 is 1.22 bits per heavy atom. The third-order valence-corrected chi connectivity index (χ3v) is 5.45. The number of nitriles is 1. The Balaban J connectivity index is 0.00000363. The molecule has 1 heterocycles. The van der Waals surface area contributed by atoms with E-state index < -0.39 is 29.1 Å². The van der Waals surface area contributed by atoms with Gasteiger partial charge in [-0.15, -0.1) is 11.6 Å². The molecular formula is C23H24FN2NaO5. The third-order valence-electron chi connectivity index (χ3n) is 5.45. The van der Waals surface area contributed by atoms with E-state index in [1.54, 1.807) is 24.5 Å². The first-order valence-corrected chi connectivity index (χ1v) is 10.4. The fourth-order valence-electron chi connectivity index (χ4n) is 4.00. The topological polar surface area (TPSA) is 98.4 Å². The third kappa shape index (κ3) is 5.34. The fraction of sp³-hybridized carbons (Fsp3) is 0.435. The fourth-order valence-corrected chi connectivity index (χ4v) is 4.00. The molecule has 0 bridgehead atoms. The number of aromatic nitrogens is 1. The van der Waals surface area contributed by atoms with Crippen LogP contribution in [-0.2, 0) is 20.8 Å². The summed E-state index contributed by atoms with van der Waals surface area (Å²) in [4.78, 5) is 37.4. The van der Waals surface area contributed by atoms with Crippen LogP contribution in [0.25, 0.3) is 10.9 Å². The summed E-state index contributed by atoms with van der Waals surface area (Å²) < 4.78 is 26.5. The molecular weight excluding hydrogens is 426 g/mol. The SMILES string of the molecule is CCOC(=O)c1cn(CC2CCCC2)c2cc([C-](C#N)C(=O)OCC)c(F)cc2c1=O.[Na+]. The second-order valence-electron chi connectivity index (χ2n) is 7.45. The summed E-state index contributed by atoms with van der Waals surface area (Å²) in [6, 6.07) is 3.98. The predicted octanol–water partition coefficient (Wildman–Crippen LogP) is 0.521. The van der Waals surface area contributed by atoms with E-state index in [4.69, 9.17) is 9.47 Å². The molecule has 0 amide bonds. The molecule has 0 atom stereocenters. The van der Waals surface area contributed by atoms with Crippen molar-refractivity contribution >= 4 is 22.8 Å². The monoisotopic (exact) mass is 450 g/mol. The minimum atomic E-state index is -0.934. The van der Waals surface area contributed by atoms with Gasteiger partial charge in [-0.25, -0.2) is 10.1 Å². The summed E-state index contributed by atoms with van der Waals surface area (Å²) in [5.41, 5.74) is -0.721. The van der Waals surface area contributed by atoms with Gasteiger partial charge in [0.2, 0.25) is 5.43 Å². The molecule has 0 aliphatic heterocycles. The number of hydrogen-bond acceptors (Lipinski definition) is 6. The Bertz CT molecular complexity index is 1100. The molecule has 1 fully saturated rings. The van der Waals surface area contributed by atoms with Crippen LogP contribution in [0.15, 0.2) is 23.1 Å². The smallest absolute Gasteiger partial charge is 0.471 e. The van der Waals surface area contributed by atoms with Gasteiger partial charge in [0.1, 0.15) is 5.56 Å². The van der Waals surface area contributed by atoms with Gasteiger partial charge in [0, 0.05) is 35.9 Å². The normalized spacial score (nSPS) is 13.3. The quantitative estimate of drug-likeness (QED) is 0.347. The average Bonchev–Trinajstić information content (AvgIpc) is 3.25. The second kappa shape index (κ2) is 11.5. The Kier molecular flexibility index (Phi) is 9.32. The van der Waals surface area contributed by atoms with Gasteiger partial charge >= 0.3 is 35.5 Å². The molecule has 1 saturated carbocycles. The van der Waals surface area contributed by atoms with Crippen LogP contribution in [0.4, 0.5) is 4.39 Å². The number of rotatable bonds is 7. The number of esters is 2. The Hall–Kier alpha value is -2.34. The standard InChI is InChI=1S/C23H24FN2O5.Na/c1-3-30-22(28)17(11-25)15-10-20-16(9-19(15)24)21(27)18(23(29)31-4-2)13-26(20)12-14-7-5-6-8-14;/h9-10,13-14H,3-8,12H2,1-2H3;/q-1;+1. The zero-order valence-corrected chi connectivity index (χ0v) is 20.6. The molecule has 7 nitrogen and oxygen atoms in total. The van der Waals surface area contributed by atoms with Crippen LogP contribution >= 0.6 is 0 Å². The van der Waals surface area contributed by atoms with Crippen molar-refractivity contribution in [3.8, 4) is 6.07 Å². The van der Waals surface area contributed by atoms with Gasteiger partial charge in [-0.05, 0) is 38.1 Å². The number of benzene rings is 1. The number of halogens is 1. The maximum Gasteiger partial charge on any atom is 1.00 e. The van der Waals surface area contributed by atoms with E-state index in [9.17, 15) is 24.0 Å². The zero-order valence-electron chi connectivity index (χ0n) is 18.6. The van der Waals surface area contributed by atoms with Gasteiger partial charge < -0.3 is 14.0 Å². The van der Waals surface area contributed by atoms with Crippen LogP contribution in [0.5, 0.6) is 0 Å². The maximum atomic E-state index is 14.9. The minimum Gasteiger partial charge on any atom is -0.471 e. The van der Waals surface area contributed by atoms with Gasteiger partial charge in [0.15, 0.2) is 0 Å². The minimum absolute atomic E-state index is 0. The van der Waals surface area contributed by atoms with Gasteiger partial charge in [-0.1, -0.05) is 18.9 Å². The molecule has 0 saturated heterocycles. The van der Waals surface area contributed by atoms with Crippen molar-refractivity contribution in [1.29, 1.82) is 5.26 Å². The first-order chi connectivity index (χ1) is 14.9. The first kappa shape index (κ1) is 25.9. The van der Waals surface area contributed by atoms with Crippen LogP contribution in [0.2, 0.25) is 0 Å². The van der Waals surface area contributed by atoms with Crippen LogP contribution in [0.3, 0.4) is 0 Å². The number of fused-ring (bicyclic) bond motifs is 1. The molecule has 0 radical (unpaired) electrons. The number of pyridine rings is 1. The van der Waals surface area contributed by atoms with E-state index in [1.165, 1.54) is 12.3 Å². The number of carbonyl (C=O) groups is 2. The Morgan fingerprint density at radius 2 is 1.88 bits per heavy atom. The molecule has 1 aromatic carbocycles. The summed E-state index contributed by atoms with van der Waals surface area (Å²) >= 11 is 0. The molecule has 1 aliphatic carbocycles. The number of hydrogen-bond donors (Lipinski definition) is 0. The second-order valence-corrected chi connectivity index (χ2v) is 7.45. The maximum absolute atomic E-state index is 14.9. The summed E-state index contributed by atoms with van der Waals surface area (Å²) in [6.45, 7) is 3.88. The van der Waals surface area contributed by atoms with Crippen LogP contribution in [-0.4, -0.2) is 29.7 Å². The average molecular weight is 450 g/mol. The molecule has 0 N–H and O–H groups in total. The van der Waals surface area contributed by atoms with Crippen molar-refractivity contribution in [1.82, 2.24) is 4.57 Å². The van der Waals surface area contributed by atoms with Crippen molar-refractivity contribution in [3.63, 3.8) is 0 Å². The molecule has 1 aliphatic rings. The first-order valence-electron chi connectivity index (χ1n) is 10.4. The molecule has 9 heteroatoms. The van der Waals surface area contributed by atoms with E-state index in [0.29, 0.717) is 18.0 Å². The van der Waals surface area contributed by atoms with Crippen LogP contribution < -0.4 is 35.0 Å². The van der Waals surface area contributed by atoms with Crippen molar-refractivity contribution in [2.24, 2.45) is 5.92 Å². The van der Waals surface area contributed by atoms with Crippen LogP contribution in [0, 0.1) is 29.0 Å². The summed E-state index contributed by atoms with van der Waals surface area (Å²) in [5.74, 6) is -2.75. The van der Waals surface area contributed by atoms with Crippen molar-refractivity contribution in [3.05, 3.63) is 51.4 Å². The Morgan fingerprint density at radius 3 is 2.47 bits per heavy atom.